The number of piperidine rings is 1. The molecule has 3 N–H and O–H groups in total. The van der Waals surface area contributed by atoms with Gasteiger partial charge in [-0.05, 0) is 37.9 Å². The Bertz CT molecular complexity index is 881. The fourth-order valence-corrected chi connectivity index (χ4v) is 3.85. The molecule has 2 aromatic carbocycles. The average Bonchev–Trinajstić information content (AvgIpc) is 2.78. The highest BCUT2D eigenvalue weighted by atomic mass is 35.5. The summed E-state index contributed by atoms with van der Waals surface area (Å²) in [5, 5.41) is 3.32. The van der Waals surface area contributed by atoms with Crippen LogP contribution in [0, 0.1) is 5.92 Å². The Labute approximate surface area is 182 Å². The number of Topliss-reactive ketones (excluding diaryl/α,β-unsaturated/α-hetero) is 1. The first-order valence-corrected chi connectivity index (χ1v) is 10.6. The number of methoxy groups -OCH3 is 1. The largest absolute Gasteiger partial charge is 0.496 e. The van der Waals surface area contributed by atoms with Crippen molar-refractivity contribution < 1.29 is 14.3 Å². The number of amides is 1. The van der Waals surface area contributed by atoms with Crippen LogP contribution in [-0.4, -0.2) is 49.9 Å². The van der Waals surface area contributed by atoms with Gasteiger partial charge in [0, 0.05) is 31.1 Å². The van der Waals surface area contributed by atoms with Gasteiger partial charge in [0.2, 0.25) is 0 Å². The summed E-state index contributed by atoms with van der Waals surface area (Å²) in [5.74, 6) is 0.781. The lowest BCUT2D eigenvalue weighted by atomic mass is 9.96. The van der Waals surface area contributed by atoms with E-state index in [1.165, 1.54) is 13.2 Å². The number of rotatable bonds is 8. The quantitative estimate of drug-likeness (QED) is 0.494. The zero-order valence-electron chi connectivity index (χ0n) is 17.2. The minimum absolute atomic E-state index is 0.182. The molecule has 1 heterocycles. The van der Waals surface area contributed by atoms with E-state index >= 15 is 0 Å². The van der Waals surface area contributed by atoms with Gasteiger partial charge in [-0.15, -0.1) is 0 Å². The summed E-state index contributed by atoms with van der Waals surface area (Å²) in [5.41, 5.74) is 7.31. The van der Waals surface area contributed by atoms with Crippen LogP contribution in [0.15, 0.2) is 42.5 Å². The maximum Gasteiger partial charge on any atom is 0.255 e. The Kier molecular flexibility index (Phi) is 7.71. The lowest BCUT2D eigenvalue weighted by Crippen LogP contribution is -2.39. The van der Waals surface area contributed by atoms with Gasteiger partial charge in [0.15, 0.2) is 5.78 Å². The molecule has 1 aliphatic heterocycles. The van der Waals surface area contributed by atoms with Gasteiger partial charge in [0.25, 0.3) is 5.91 Å². The Morgan fingerprint density at radius 1 is 1.20 bits per heavy atom. The molecule has 3 rings (SSSR count). The highest BCUT2D eigenvalue weighted by Gasteiger charge is 2.21. The van der Waals surface area contributed by atoms with E-state index in [0.717, 1.165) is 38.0 Å². The van der Waals surface area contributed by atoms with Crippen LogP contribution in [0.4, 0.5) is 5.69 Å². The van der Waals surface area contributed by atoms with E-state index in [9.17, 15) is 9.59 Å². The van der Waals surface area contributed by atoms with Gasteiger partial charge in [-0.25, -0.2) is 0 Å². The minimum atomic E-state index is -0.218. The highest BCUT2D eigenvalue weighted by Crippen LogP contribution is 2.29. The van der Waals surface area contributed by atoms with Crippen LogP contribution in [-0.2, 0) is 0 Å². The van der Waals surface area contributed by atoms with Gasteiger partial charge in [-0.1, -0.05) is 41.9 Å². The number of nitrogens with one attached hydrogen (secondary N) is 1. The number of hydrogen-bond donors (Lipinski definition) is 2. The molecule has 0 radical (unpaired) electrons. The summed E-state index contributed by atoms with van der Waals surface area (Å²) in [7, 11) is 1.50. The molecule has 0 aliphatic carbocycles. The fourth-order valence-electron chi connectivity index (χ4n) is 3.69. The number of carbonyl (C=O) groups is 2. The van der Waals surface area contributed by atoms with Crippen molar-refractivity contribution in [3.63, 3.8) is 0 Å². The standard InChI is InChI=1S/C23H28ClN3O3/c1-30-22-14-20(25)19(24)13-18(22)23(29)26-15-16-7-10-27(11-8-16)12-9-21(28)17-5-3-2-4-6-17/h2-6,13-14,16H,7-12,15,25H2,1H3,(H,26,29). The Balaban J connectivity index is 1.42. The molecule has 0 saturated carbocycles. The Morgan fingerprint density at radius 2 is 1.90 bits per heavy atom. The molecular weight excluding hydrogens is 402 g/mol. The summed E-state index contributed by atoms with van der Waals surface area (Å²) in [6.45, 7) is 3.23. The fraction of sp³-hybridized carbons (Fsp3) is 0.391. The number of nitrogens with two attached hydrogens (primary N) is 1. The number of nitrogens with zero attached hydrogens (tertiary/aromatic N) is 1. The van der Waals surface area contributed by atoms with Gasteiger partial charge >= 0.3 is 0 Å². The number of anilines is 1. The van der Waals surface area contributed by atoms with Crippen molar-refractivity contribution in [2.24, 2.45) is 5.92 Å². The molecule has 0 bridgehead atoms. The number of benzene rings is 2. The van der Waals surface area contributed by atoms with Gasteiger partial charge < -0.3 is 20.7 Å². The second kappa shape index (κ2) is 10.5. The molecular formula is C23H28ClN3O3. The predicted molar refractivity (Wildman–Crippen MR) is 119 cm³/mol. The average molecular weight is 430 g/mol. The number of carbonyl (C=O) groups excluding carboxylic acids is 2. The summed E-state index contributed by atoms with van der Waals surface area (Å²) >= 11 is 6.05. The number of nitrogen functional groups attached to an aromatic ring is 1. The van der Waals surface area contributed by atoms with Gasteiger partial charge in [-0.2, -0.15) is 0 Å². The van der Waals surface area contributed by atoms with Crippen molar-refractivity contribution in [1.82, 2.24) is 10.2 Å². The molecule has 2 aromatic rings. The molecule has 0 spiro atoms. The van der Waals surface area contributed by atoms with E-state index in [1.54, 1.807) is 6.07 Å². The Hall–Kier alpha value is -2.57. The van der Waals surface area contributed by atoms with Crippen molar-refractivity contribution in [2.45, 2.75) is 19.3 Å². The van der Waals surface area contributed by atoms with Crippen LogP contribution in [0.5, 0.6) is 5.75 Å². The smallest absolute Gasteiger partial charge is 0.255 e. The predicted octanol–water partition coefficient (Wildman–Crippen LogP) is 3.65. The zero-order chi connectivity index (χ0) is 21.5. The summed E-state index contributed by atoms with van der Waals surface area (Å²) in [6, 6.07) is 12.5. The third-order valence-electron chi connectivity index (χ3n) is 5.57. The molecule has 1 aliphatic rings. The molecule has 1 amide bonds. The van der Waals surface area contributed by atoms with Gasteiger partial charge in [-0.3, -0.25) is 9.59 Å². The normalized spacial score (nSPS) is 15.0. The van der Waals surface area contributed by atoms with E-state index in [4.69, 9.17) is 22.1 Å². The monoisotopic (exact) mass is 429 g/mol. The third-order valence-corrected chi connectivity index (χ3v) is 5.90. The van der Waals surface area contributed by atoms with Crippen molar-refractivity contribution in [3.05, 3.63) is 58.6 Å². The lowest BCUT2D eigenvalue weighted by Gasteiger charge is -2.31. The topological polar surface area (TPSA) is 84.7 Å². The zero-order valence-corrected chi connectivity index (χ0v) is 18.0. The van der Waals surface area contributed by atoms with Crippen LogP contribution in [0.3, 0.4) is 0 Å². The van der Waals surface area contributed by atoms with Crippen LogP contribution in [0.2, 0.25) is 5.02 Å². The third kappa shape index (κ3) is 5.74. The molecule has 1 saturated heterocycles. The molecule has 6 nitrogen and oxygen atoms in total. The van der Waals surface area contributed by atoms with Crippen LogP contribution < -0.4 is 15.8 Å². The molecule has 30 heavy (non-hydrogen) atoms. The SMILES string of the molecule is COc1cc(N)c(Cl)cc1C(=O)NCC1CCN(CCC(=O)c2ccccc2)CC1. The molecule has 0 atom stereocenters. The van der Waals surface area contributed by atoms with E-state index in [2.05, 4.69) is 10.2 Å². The van der Waals surface area contributed by atoms with Crippen LogP contribution in [0.25, 0.3) is 0 Å². The van der Waals surface area contributed by atoms with Crippen molar-refractivity contribution >= 4 is 29.0 Å². The van der Waals surface area contributed by atoms with Crippen molar-refractivity contribution in [2.75, 3.05) is 39.0 Å². The first-order valence-electron chi connectivity index (χ1n) is 10.2. The Morgan fingerprint density at radius 3 is 2.57 bits per heavy atom. The summed E-state index contributed by atoms with van der Waals surface area (Å²) < 4.78 is 5.25. The number of likely N-dealkylation sites (tertiary alicyclic amines) is 1. The first kappa shape index (κ1) is 22.1. The number of halogens is 1. The lowest BCUT2D eigenvalue weighted by molar-refractivity contribution is 0.0914. The molecule has 1 fully saturated rings. The molecule has 0 unspecified atom stereocenters. The molecule has 160 valence electrons. The van der Waals surface area contributed by atoms with Crippen molar-refractivity contribution in [1.29, 1.82) is 0 Å². The highest BCUT2D eigenvalue weighted by molar-refractivity contribution is 6.33. The number of hydrogen-bond acceptors (Lipinski definition) is 5. The van der Waals surface area contributed by atoms with Crippen molar-refractivity contribution in [3.8, 4) is 5.75 Å². The van der Waals surface area contributed by atoms with E-state index < -0.39 is 0 Å². The van der Waals surface area contributed by atoms with E-state index in [1.807, 2.05) is 30.3 Å². The molecule has 0 aromatic heterocycles. The van der Waals surface area contributed by atoms with E-state index in [0.29, 0.717) is 40.9 Å². The van der Waals surface area contributed by atoms with Gasteiger partial charge in [0.1, 0.15) is 5.75 Å². The summed E-state index contributed by atoms with van der Waals surface area (Å²) in [4.78, 5) is 27.1. The molecule has 7 heteroatoms. The second-order valence-electron chi connectivity index (χ2n) is 7.61. The van der Waals surface area contributed by atoms with Gasteiger partial charge in [0.05, 0.1) is 23.4 Å². The first-order chi connectivity index (χ1) is 14.5. The maximum absolute atomic E-state index is 12.6. The number of ether oxygens (including phenoxy) is 1. The minimum Gasteiger partial charge on any atom is -0.496 e. The maximum atomic E-state index is 12.6. The van der Waals surface area contributed by atoms with Crippen LogP contribution >= 0.6 is 11.6 Å². The van der Waals surface area contributed by atoms with Crippen LogP contribution in [0.1, 0.15) is 40.0 Å². The summed E-state index contributed by atoms with van der Waals surface area (Å²) in [6.07, 6.45) is 2.50. The van der Waals surface area contributed by atoms with E-state index in [-0.39, 0.29) is 11.7 Å². The second-order valence-corrected chi connectivity index (χ2v) is 8.02. The number of ketones is 1.